The van der Waals surface area contributed by atoms with Crippen LogP contribution in [0.5, 0.6) is 0 Å². The number of rotatable bonds is 4. The number of aromatic nitrogens is 2. The summed E-state index contributed by atoms with van der Waals surface area (Å²) in [5.41, 5.74) is -0.576. The molecule has 84 valence electrons. The van der Waals surface area contributed by atoms with Crippen molar-refractivity contribution in [3.8, 4) is 0 Å². The lowest BCUT2D eigenvalue weighted by molar-refractivity contribution is -0.0293. The van der Waals surface area contributed by atoms with Crippen molar-refractivity contribution in [2.45, 2.75) is 32.3 Å². The molecule has 1 N–H and O–H groups in total. The van der Waals surface area contributed by atoms with Crippen LogP contribution >= 0.6 is 22.6 Å². The van der Waals surface area contributed by atoms with Crippen LogP contribution in [0.15, 0.2) is 11.0 Å². The van der Waals surface area contributed by atoms with Crippen molar-refractivity contribution in [2.75, 3.05) is 7.11 Å². The molecule has 0 spiro atoms. The normalized spacial score (nSPS) is 11.7. The summed E-state index contributed by atoms with van der Waals surface area (Å²) < 4.78 is 6.07. The molecule has 0 fully saturated rings. The lowest BCUT2D eigenvalue weighted by atomic mass is 9.96. The molecule has 0 radical (unpaired) electrons. The molecule has 1 aromatic heterocycles. The van der Waals surface area contributed by atoms with Gasteiger partial charge < -0.3 is 9.72 Å². The first kappa shape index (κ1) is 12.6. The Morgan fingerprint density at radius 2 is 2.13 bits per heavy atom. The SMILES string of the molecule is CCC(CC)(OC)c1ncc(I)c(=O)[nH]1. The van der Waals surface area contributed by atoms with Gasteiger partial charge in [0.2, 0.25) is 0 Å². The molecule has 1 rings (SSSR count). The molecule has 0 aliphatic heterocycles. The largest absolute Gasteiger partial charge is 0.370 e. The van der Waals surface area contributed by atoms with Gasteiger partial charge in [-0.05, 0) is 35.4 Å². The fourth-order valence-electron chi connectivity index (χ4n) is 1.58. The van der Waals surface area contributed by atoms with Crippen LogP contribution in [0.1, 0.15) is 32.5 Å². The molecular formula is C10H15IN2O2. The molecular weight excluding hydrogens is 307 g/mol. The van der Waals surface area contributed by atoms with E-state index in [4.69, 9.17) is 4.74 Å². The Morgan fingerprint density at radius 1 is 1.53 bits per heavy atom. The summed E-state index contributed by atoms with van der Waals surface area (Å²) in [5.74, 6) is 0.611. The first-order valence-corrected chi connectivity index (χ1v) is 5.98. The van der Waals surface area contributed by atoms with Gasteiger partial charge in [-0.3, -0.25) is 4.79 Å². The summed E-state index contributed by atoms with van der Waals surface area (Å²) in [7, 11) is 1.64. The highest BCUT2D eigenvalue weighted by molar-refractivity contribution is 14.1. The van der Waals surface area contributed by atoms with Gasteiger partial charge in [-0.2, -0.15) is 0 Å². The van der Waals surface area contributed by atoms with Gasteiger partial charge in [0.25, 0.3) is 5.56 Å². The first-order chi connectivity index (χ1) is 7.09. The van der Waals surface area contributed by atoms with Gasteiger partial charge in [0.15, 0.2) is 0 Å². The van der Waals surface area contributed by atoms with E-state index in [0.29, 0.717) is 9.39 Å². The van der Waals surface area contributed by atoms with E-state index in [1.807, 2.05) is 36.4 Å². The van der Waals surface area contributed by atoms with Crippen LogP contribution in [0.25, 0.3) is 0 Å². The molecule has 0 bridgehead atoms. The molecule has 0 atom stereocenters. The number of nitrogens with zero attached hydrogens (tertiary/aromatic N) is 1. The third-order valence-corrected chi connectivity index (χ3v) is 3.49. The van der Waals surface area contributed by atoms with Gasteiger partial charge in [0.05, 0.1) is 3.57 Å². The smallest absolute Gasteiger partial charge is 0.264 e. The molecule has 0 saturated carbocycles. The van der Waals surface area contributed by atoms with Gasteiger partial charge in [-0.1, -0.05) is 13.8 Å². The second-order valence-corrected chi connectivity index (χ2v) is 4.48. The average Bonchev–Trinajstić information content (AvgIpc) is 2.26. The van der Waals surface area contributed by atoms with E-state index in [0.717, 1.165) is 12.8 Å². The van der Waals surface area contributed by atoms with E-state index in [1.54, 1.807) is 13.3 Å². The van der Waals surface area contributed by atoms with Crippen LogP contribution in [0.4, 0.5) is 0 Å². The van der Waals surface area contributed by atoms with Crippen molar-refractivity contribution < 1.29 is 4.74 Å². The molecule has 15 heavy (non-hydrogen) atoms. The van der Waals surface area contributed by atoms with Crippen LogP contribution in [0.2, 0.25) is 0 Å². The lowest BCUT2D eigenvalue weighted by Gasteiger charge is -2.28. The van der Waals surface area contributed by atoms with Crippen LogP contribution in [0.3, 0.4) is 0 Å². The number of hydrogen-bond donors (Lipinski definition) is 1. The Hall–Kier alpha value is -0.430. The number of nitrogens with one attached hydrogen (secondary N) is 1. The molecule has 0 saturated heterocycles. The number of ether oxygens (including phenoxy) is 1. The predicted octanol–water partition coefficient (Wildman–Crippen LogP) is 2.04. The Balaban J connectivity index is 3.23. The van der Waals surface area contributed by atoms with Gasteiger partial charge in [0, 0.05) is 13.3 Å². The third-order valence-electron chi connectivity index (χ3n) is 2.72. The van der Waals surface area contributed by atoms with E-state index < -0.39 is 5.60 Å². The molecule has 4 nitrogen and oxygen atoms in total. The van der Waals surface area contributed by atoms with Crippen molar-refractivity contribution in [2.24, 2.45) is 0 Å². The van der Waals surface area contributed by atoms with Crippen molar-refractivity contribution in [3.05, 3.63) is 25.9 Å². The van der Waals surface area contributed by atoms with E-state index in [-0.39, 0.29) is 5.56 Å². The maximum atomic E-state index is 11.5. The van der Waals surface area contributed by atoms with Gasteiger partial charge in [-0.25, -0.2) is 4.98 Å². The van der Waals surface area contributed by atoms with Crippen LogP contribution in [-0.4, -0.2) is 17.1 Å². The Labute approximate surface area is 103 Å². The zero-order valence-corrected chi connectivity index (χ0v) is 11.3. The highest BCUT2D eigenvalue weighted by Gasteiger charge is 2.30. The van der Waals surface area contributed by atoms with Gasteiger partial charge >= 0.3 is 0 Å². The monoisotopic (exact) mass is 322 g/mol. The first-order valence-electron chi connectivity index (χ1n) is 4.90. The minimum absolute atomic E-state index is 0.107. The van der Waals surface area contributed by atoms with Crippen LogP contribution in [-0.2, 0) is 10.3 Å². The number of aromatic amines is 1. The summed E-state index contributed by atoms with van der Waals surface area (Å²) >= 11 is 1.96. The predicted molar refractivity (Wildman–Crippen MR) is 66.8 cm³/mol. The standard InChI is InChI=1S/C10H15IN2O2/c1-4-10(5-2,15-3)9-12-6-7(11)8(14)13-9/h6H,4-5H2,1-3H3,(H,12,13,14). The molecule has 0 aliphatic rings. The second kappa shape index (κ2) is 5.07. The molecule has 0 aromatic carbocycles. The fraction of sp³-hybridized carbons (Fsp3) is 0.600. The van der Waals surface area contributed by atoms with E-state index in [1.165, 1.54) is 0 Å². The number of halogens is 1. The van der Waals surface area contributed by atoms with E-state index >= 15 is 0 Å². The van der Waals surface area contributed by atoms with Crippen molar-refractivity contribution in [3.63, 3.8) is 0 Å². The highest BCUT2D eigenvalue weighted by Crippen LogP contribution is 2.28. The Kier molecular flexibility index (Phi) is 4.27. The molecule has 1 heterocycles. The summed E-state index contributed by atoms with van der Waals surface area (Å²) in [4.78, 5) is 18.5. The maximum Gasteiger partial charge on any atom is 0.264 e. The summed E-state index contributed by atoms with van der Waals surface area (Å²) in [6.45, 7) is 4.04. The van der Waals surface area contributed by atoms with Crippen molar-refractivity contribution in [1.82, 2.24) is 9.97 Å². The minimum Gasteiger partial charge on any atom is -0.370 e. The topological polar surface area (TPSA) is 55.0 Å². The zero-order valence-electron chi connectivity index (χ0n) is 9.13. The summed E-state index contributed by atoms with van der Waals surface area (Å²) in [6, 6.07) is 0. The summed E-state index contributed by atoms with van der Waals surface area (Å²) in [5, 5.41) is 0. The highest BCUT2D eigenvalue weighted by atomic mass is 127. The van der Waals surface area contributed by atoms with E-state index in [2.05, 4.69) is 9.97 Å². The van der Waals surface area contributed by atoms with E-state index in [9.17, 15) is 4.79 Å². The van der Waals surface area contributed by atoms with Gasteiger partial charge in [0.1, 0.15) is 11.4 Å². The molecule has 1 aromatic rings. The Bertz CT molecular complexity index is 377. The summed E-state index contributed by atoms with van der Waals surface area (Å²) in [6.07, 6.45) is 3.14. The molecule has 0 aliphatic carbocycles. The molecule has 0 unspecified atom stereocenters. The van der Waals surface area contributed by atoms with Crippen molar-refractivity contribution in [1.29, 1.82) is 0 Å². The lowest BCUT2D eigenvalue weighted by Crippen LogP contribution is -2.32. The number of methoxy groups -OCH3 is 1. The third kappa shape index (κ3) is 2.39. The molecule has 0 amide bonds. The van der Waals surface area contributed by atoms with Gasteiger partial charge in [-0.15, -0.1) is 0 Å². The second-order valence-electron chi connectivity index (χ2n) is 3.31. The molecule has 5 heteroatoms. The zero-order chi connectivity index (χ0) is 11.5. The fourth-order valence-corrected chi connectivity index (χ4v) is 1.86. The number of H-pyrrole nitrogens is 1. The average molecular weight is 322 g/mol. The Morgan fingerprint density at radius 3 is 2.53 bits per heavy atom. The van der Waals surface area contributed by atoms with Crippen LogP contribution < -0.4 is 5.56 Å². The minimum atomic E-state index is -0.469. The maximum absolute atomic E-state index is 11.5. The van der Waals surface area contributed by atoms with Crippen LogP contribution in [0, 0.1) is 3.57 Å². The quantitative estimate of drug-likeness (QED) is 0.863. The van der Waals surface area contributed by atoms with Crippen molar-refractivity contribution >= 4 is 22.6 Å². The number of hydrogen-bond acceptors (Lipinski definition) is 3.